The molecule has 0 heterocycles. The summed E-state index contributed by atoms with van der Waals surface area (Å²) in [6.45, 7) is 3.96. The van der Waals surface area contributed by atoms with E-state index < -0.39 is 28.5 Å². The van der Waals surface area contributed by atoms with Gasteiger partial charge >= 0.3 is 0 Å². The fourth-order valence-electron chi connectivity index (χ4n) is 5.01. The predicted molar refractivity (Wildman–Crippen MR) is 185 cm³/mol. The number of halogens is 1. The minimum Gasteiger partial charge on any atom is -0.497 e. The molecule has 0 aliphatic rings. The highest BCUT2D eigenvalue weighted by Gasteiger charge is 2.34. The molecule has 0 fully saturated rings. The first kappa shape index (κ1) is 34.7. The standard InChI is InChI=1S/C36H40BrN3O5S/c1-4-5-22-38-36(42)34(24-28-10-7-6-8-11-28)39(25-29-12-9-13-30(37)23-29)35(41)26-40(31-16-18-32(45-3)19-17-31)46(43,44)33-20-14-27(2)15-21-33/h6-21,23,34H,4-5,22,24-26H2,1-3H3,(H,38,42)/t34-/m0/s1. The molecule has 0 aromatic heterocycles. The Balaban J connectivity index is 1.79. The van der Waals surface area contributed by atoms with Gasteiger partial charge in [0.15, 0.2) is 0 Å². The van der Waals surface area contributed by atoms with Gasteiger partial charge in [0, 0.05) is 24.0 Å². The van der Waals surface area contributed by atoms with Gasteiger partial charge in [0.2, 0.25) is 11.8 Å². The zero-order chi connectivity index (χ0) is 33.1. The maximum absolute atomic E-state index is 14.5. The topological polar surface area (TPSA) is 96.0 Å². The zero-order valence-corrected chi connectivity index (χ0v) is 28.8. The van der Waals surface area contributed by atoms with E-state index in [1.807, 2.05) is 68.4 Å². The van der Waals surface area contributed by atoms with Crippen molar-refractivity contribution in [2.24, 2.45) is 0 Å². The van der Waals surface area contributed by atoms with Crippen LogP contribution in [0.4, 0.5) is 5.69 Å². The second-order valence-corrected chi connectivity index (χ2v) is 13.8. The lowest BCUT2D eigenvalue weighted by Crippen LogP contribution is -2.53. The fourth-order valence-corrected chi connectivity index (χ4v) is 6.87. The lowest BCUT2D eigenvalue weighted by Gasteiger charge is -2.34. The molecule has 4 rings (SSSR count). The number of aryl methyl sites for hydroxylation is 1. The molecule has 0 bridgehead atoms. The van der Waals surface area contributed by atoms with Crippen molar-refractivity contribution in [2.45, 2.75) is 50.6 Å². The van der Waals surface area contributed by atoms with Crippen LogP contribution in [0.2, 0.25) is 0 Å². The second kappa shape index (κ2) is 16.4. The Kier molecular flexibility index (Phi) is 12.4. The largest absolute Gasteiger partial charge is 0.497 e. The quantitative estimate of drug-likeness (QED) is 0.142. The highest BCUT2D eigenvalue weighted by molar-refractivity contribution is 9.10. The van der Waals surface area contributed by atoms with E-state index in [1.54, 1.807) is 36.4 Å². The van der Waals surface area contributed by atoms with E-state index in [0.717, 1.165) is 38.3 Å². The summed E-state index contributed by atoms with van der Waals surface area (Å²) >= 11 is 3.51. The van der Waals surface area contributed by atoms with Crippen LogP contribution in [0.15, 0.2) is 112 Å². The third kappa shape index (κ3) is 9.20. The molecule has 242 valence electrons. The zero-order valence-electron chi connectivity index (χ0n) is 26.4. The highest BCUT2D eigenvalue weighted by Crippen LogP contribution is 2.27. The van der Waals surface area contributed by atoms with Crippen molar-refractivity contribution in [3.05, 3.63) is 124 Å². The van der Waals surface area contributed by atoms with Gasteiger partial charge in [0.25, 0.3) is 10.0 Å². The van der Waals surface area contributed by atoms with Gasteiger partial charge in [-0.05, 0) is 73.0 Å². The first-order valence-corrected chi connectivity index (χ1v) is 17.4. The van der Waals surface area contributed by atoms with Crippen LogP contribution in [0, 0.1) is 6.92 Å². The lowest BCUT2D eigenvalue weighted by atomic mass is 10.0. The number of hydrogen-bond donors (Lipinski definition) is 1. The number of hydrogen-bond acceptors (Lipinski definition) is 5. The predicted octanol–water partition coefficient (Wildman–Crippen LogP) is 6.52. The fraction of sp³-hybridized carbons (Fsp3) is 0.278. The second-order valence-electron chi connectivity index (χ2n) is 11.0. The minimum atomic E-state index is -4.18. The number of nitrogens with zero attached hydrogens (tertiary/aromatic N) is 2. The van der Waals surface area contributed by atoms with Crippen LogP contribution in [0.5, 0.6) is 5.75 Å². The van der Waals surface area contributed by atoms with Crippen molar-refractivity contribution >= 4 is 43.5 Å². The van der Waals surface area contributed by atoms with Gasteiger partial charge in [0.05, 0.1) is 17.7 Å². The number of anilines is 1. The molecule has 0 saturated heterocycles. The summed E-state index contributed by atoms with van der Waals surface area (Å²) < 4.78 is 35.5. The van der Waals surface area contributed by atoms with E-state index in [9.17, 15) is 18.0 Å². The third-order valence-corrected chi connectivity index (χ3v) is 9.87. The molecule has 0 aliphatic heterocycles. The van der Waals surface area contributed by atoms with Gasteiger partial charge in [-0.25, -0.2) is 8.42 Å². The van der Waals surface area contributed by atoms with Gasteiger partial charge in [-0.1, -0.05) is 89.4 Å². The van der Waals surface area contributed by atoms with Crippen molar-refractivity contribution in [3.8, 4) is 5.75 Å². The van der Waals surface area contributed by atoms with E-state index >= 15 is 0 Å². The van der Waals surface area contributed by atoms with Gasteiger partial charge in [-0.3, -0.25) is 13.9 Å². The summed E-state index contributed by atoms with van der Waals surface area (Å²) in [5.41, 5.74) is 2.87. The van der Waals surface area contributed by atoms with Crippen LogP contribution in [0.25, 0.3) is 0 Å². The minimum absolute atomic E-state index is 0.0541. The van der Waals surface area contributed by atoms with Crippen LogP contribution in [0.3, 0.4) is 0 Å². The first-order chi connectivity index (χ1) is 22.1. The number of rotatable bonds is 15. The number of carbonyl (C=O) groups is 2. The Morgan fingerprint density at radius 1 is 0.891 bits per heavy atom. The monoisotopic (exact) mass is 705 g/mol. The van der Waals surface area contributed by atoms with E-state index in [1.165, 1.54) is 24.1 Å². The van der Waals surface area contributed by atoms with Crippen LogP contribution in [0.1, 0.15) is 36.5 Å². The van der Waals surface area contributed by atoms with Crippen LogP contribution in [-0.4, -0.2) is 51.4 Å². The Morgan fingerprint density at radius 3 is 2.20 bits per heavy atom. The first-order valence-electron chi connectivity index (χ1n) is 15.2. The Morgan fingerprint density at radius 2 is 1.57 bits per heavy atom. The summed E-state index contributed by atoms with van der Waals surface area (Å²) in [7, 11) is -2.66. The van der Waals surface area contributed by atoms with Crippen molar-refractivity contribution in [1.29, 1.82) is 0 Å². The molecule has 1 N–H and O–H groups in total. The van der Waals surface area contributed by atoms with Crippen molar-refractivity contribution in [3.63, 3.8) is 0 Å². The number of ether oxygens (including phenoxy) is 1. The molecule has 10 heteroatoms. The number of amides is 2. The highest BCUT2D eigenvalue weighted by atomic mass is 79.9. The molecule has 2 amide bonds. The average Bonchev–Trinajstić information content (AvgIpc) is 3.06. The molecule has 0 radical (unpaired) electrons. The summed E-state index contributed by atoms with van der Waals surface area (Å²) in [6.07, 6.45) is 1.95. The smallest absolute Gasteiger partial charge is 0.264 e. The van der Waals surface area contributed by atoms with Gasteiger partial charge in [-0.15, -0.1) is 0 Å². The maximum atomic E-state index is 14.5. The molecule has 4 aromatic rings. The molecule has 46 heavy (non-hydrogen) atoms. The number of sulfonamides is 1. The van der Waals surface area contributed by atoms with E-state index in [2.05, 4.69) is 21.2 Å². The summed E-state index contributed by atoms with van der Waals surface area (Å²) in [5.74, 6) is -0.262. The molecule has 0 unspecified atom stereocenters. The molecule has 0 spiro atoms. The number of methoxy groups -OCH3 is 1. The van der Waals surface area contributed by atoms with Crippen molar-refractivity contribution < 1.29 is 22.7 Å². The summed E-state index contributed by atoms with van der Waals surface area (Å²) in [4.78, 5) is 29.9. The summed E-state index contributed by atoms with van der Waals surface area (Å²) in [5, 5.41) is 3.01. The van der Waals surface area contributed by atoms with Gasteiger partial charge < -0.3 is 15.0 Å². The van der Waals surface area contributed by atoms with E-state index in [4.69, 9.17) is 4.74 Å². The Hall–Kier alpha value is -4.15. The van der Waals surface area contributed by atoms with Crippen molar-refractivity contribution in [2.75, 3.05) is 24.5 Å². The molecular weight excluding hydrogens is 666 g/mol. The normalized spacial score (nSPS) is 11.8. The molecule has 8 nitrogen and oxygen atoms in total. The molecular formula is C36H40BrN3O5S. The van der Waals surface area contributed by atoms with E-state index in [0.29, 0.717) is 18.0 Å². The summed E-state index contributed by atoms with van der Waals surface area (Å²) in [6, 6.07) is 29.1. The SMILES string of the molecule is CCCCNC(=O)[C@H](Cc1ccccc1)N(Cc1cccc(Br)c1)C(=O)CN(c1ccc(OC)cc1)S(=O)(=O)c1ccc(C)cc1. The number of carbonyl (C=O) groups excluding carboxylic acids is 2. The van der Waals surface area contributed by atoms with E-state index in [-0.39, 0.29) is 23.8 Å². The van der Waals surface area contributed by atoms with Crippen molar-refractivity contribution in [1.82, 2.24) is 10.2 Å². The molecule has 0 saturated carbocycles. The molecule has 4 aromatic carbocycles. The maximum Gasteiger partial charge on any atom is 0.264 e. The Bertz CT molecular complexity index is 1700. The van der Waals surface area contributed by atoms with Gasteiger partial charge in [0.1, 0.15) is 18.3 Å². The van der Waals surface area contributed by atoms with Gasteiger partial charge in [-0.2, -0.15) is 0 Å². The number of nitrogens with one attached hydrogen (secondary N) is 1. The van der Waals surface area contributed by atoms with Crippen LogP contribution < -0.4 is 14.4 Å². The third-order valence-electron chi connectivity index (χ3n) is 7.59. The molecule has 1 atom stereocenters. The van der Waals surface area contributed by atoms with Crippen LogP contribution >= 0.6 is 15.9 Å². The molecule has 0 aliphatic carbocycles. The lowest BCUT2D eigenvalue weighted by molar-refractivity contribution is -0.140. The number of benzene rings is 4. The Labute approximate surface area is 280 Å². The number of unbranched alkanes of at least 4 members (excludes halogenated alkanes) is 1. The average molecular weight is 707 g/mol. The van der Waals surface area contributed by atoms with Crippen LogP contribution in [-0.2, 0) is 32.6 Å².